The Morgan fingerprint density at radius 2 is 1.91 bits per heavy atom. The second-order valence-electron chi connectivity index (χ2n) is 2.36. The molecule has 2 heteroatoms. The molecule has 0 aromatic heterocycles. The van der Waals surface area contributed by atoms with Gasteiger partial charge in [0.25, 0.3) is 0 Å². The van der Waals surface area contributed by atoms with Gasteiger partial charge in [0.05, 0.1) is 6.61 Å². The van der Waals surface area contributed by atoms with Crippen LogP contribution in [0.1, 0.15) is 11.1 Å². The molecular weight excluding hydrogens is 131 g/mol. The van der Waals surface area contributed by atoms with Crippen molar-refractivity contribution in [2.45, 2.75) is 13.5 Å². The number of hydrogen-bond donors (Lipinski definition) is 0. The van der Waals surface area contributed by atoms with Crippen LogP contribution in [0.4, 0.5) is 0 Å². The van der Waals surface area contributed by atoms with Crippen LogP contribution < -0.4 is 0 Å². The van der Waals surface area contributed by atoms with Gasteiger partial charge in [0.15, 0.2) is 0 Å². The zero-order chi connectivity index (χ0) is 7.40. The SMILES string of the molecule is COCc1ccccc1C.[LiH]. The molecule has 0 fully saturated rings. The molecule has 1 aromatic carbocycles. The third-order valence-electron chi connectivity index (χ3n) is 1.56. The topological polar surface area (TPSA) is 9.23 Å². The van der Waals surface area contributed by atoms with Gasteiger partial charge in [-0.1, -0.05) is 24.3 Å². The molecule has 0 heterocycles. The van der Waals surface area contributed by atoms with Gasteiger partial charge in [-0.25, -0.2) is 0 Å². The average molecular weight is 144 g/mol. The van der Waals surface area contributed by atoms with Crippen molar-refractivity contribution in [3.05, 3.63) is 35.4 Å². The first-order valence-electron chi connectivity index (χ1n) is 3.38. The molecule has 56 valence electrons. The quantitative estimate of drug-likeness (QED) is 0.571. The molecule has 1 aromatic rings. The van der Waals surface area contributed by atoms with E-state index in [4.69, 9.17) is 4.74 Å². The van der Waals surface area contributed by atoms with Crippen LogP contribution in [0.15, 0.2) is 24.3 Å². The van der Waals surface area contributed by atoms with Crippen LogP contribution in [-0.4, -0.2) is 26.0 Å². The summed E-state index contributed by atoms with van der Waals surface area (Å²) in [6.45, 7) is 2.81. The first-order valence-corrected chi connectivity index (χ1v) is 3.38. The van der Waals surface area contributed by atoms with Crippen LogP contribution in [0, 0.1) is 6.92 Å². The molecule has 11 heavy (non-hydrogen) atoms. The zero-order valence-corrected chi connectivity index (χ0v) is 6.42. The van der Waals surface area contributed by atoms with Crippen molar-refractivity contribution < 1.29 is 4.74 Å². The minimum absolute atomic E-state index is 0. The summed E-state index contributed by atoms with van der Waals surface area (Å²) in [5.41, 5.74) is 2.56. The summed E-state index contributed by atoms with van der Waals surface area (Å²) in [6, 6.07) is 8.24. The number of ether oxygens (including phenoxy) is 1. The molecule has 0 amide bonds. The standard InChI is InChI=1S/C9H12O.Li.H/c1-8-5-3-4-6-9(8)7-10-2;;/h3-6H,7H2,1-2H3;;. The monoisotopic (exact) mass is 144 g/mol. The molecule has 0 spiro atoms. The van der Waals surface area contributed by atoms with Crippen molar-refractivity contribution in [1.29, 1.82) is 0 Å². The zero-order valence-electron chi connectivity index (χ0n) is 6.42. The fourth-order valence-corrected chi connectivity index (χ4v) is 0.928. The molecule has 0 saturated carbocycles. The summed E-state index contributed by atoms with van der Waals surface area (Å²) in [6.07, 6.45) is 0. The number of hydrogen-bond acceptors (Lipinski definition) is 1. The Labute approximate surface area is 79.9 Å². The van der Waals surface area contributed by atoms with Crippen molar-refractivity contribution in [2.75, 3.05) is 7.11 Å². The van der Waals surface area contributed by atoms with Crippen molar-refractivity contribution >= 4 is 18.9 Å². The molecule has 0 N–H and O–H groups in total. The van der Waals surface area contributed by atoms with Gasteiger partial charge >= 0.3 is 18.9 Å². The Hall–Kier alpha value is -0.223. The second-order valence-corrected chi connectivity index (χ2v) is 2.36. The fraction of sp³-hybridized carbons (Fsp3) is 0.333. The third kappa shape index (κ3) is 3.12. The molecule has 0 bridgehead atoms. The van der Waals surface area contributed by atoms with E-state index in [-0.39, 0.29) is 18.9 Å². The van der Waals surface area contributed by atoms with Gasteiger partial charge in [0, 0.05) is 7.11 Å². The van der Waals surface area contributed by atoms with E-state index < -0.39 is 0 Å². The van der Waals surface area contributed by atoms with Crippen molar-refractivity contribution in [3.63, 3.8) is 0 Å². The Morgan fingerprint density at radius 3 is 2.45 bits per heavy atom. The Bertz CT molecular complexity index is 210. The van der Waals surface area contributed by atoms with Gasteiger partial charge < -0.3 is 4.74 Å². The summed E-state index contributed by atoms with van der Waals surface area (Å²) in [5, 5.41) is 0. The molecular formula is C9H13LiO. The van der Waals surface area contributed by atoms with Crippen LogP contribution in [0.3, 0.4) is 0 Å². The number of rotatable bonds is 2. The summed E-state index contributed by atoms with van der Waals surface area (Å²) in [7, 11) is 1.71. The summed E-state index contributed by atoms with van der Waals surface area (Å²) < 4.78 is 5.01. The van der Waals surface area contributed by atoms with E-state index >= 15 is 0 Å². The van der Waals surface area contributed by atoms with Crippen LogP contribution in [-0.2, 0) is 11.3 Å². The molecule has 1 nitrogen and oxygen atoms in total. The van der Waals surface area contributed by atoms with Gasteiger partial charge in [-0.15, -0.1) is 0 Å². The molecule has 0 aliphatic carbocycles. The average Bonchev–Trinajstić information content (AvgIpc) is 1.94. The van der Waals surface area contributed by atoms with E-state index in [9.17, 15) is 0 Å². The third-order valence-corrected chi connectivity index (χ3v) is 1.56. The summed E-state index contributed by atoms with van der Waals surface area (Å²) >= 11 is 0. The van der Waals surface area contributed by atoms with E-state index in [0.717, 1.165) is 0 Å². The van der Waals surface area contributed by atoms with Gasteiger partial charge in [0.2, 0.25) is 0 Å². The molecule has 0 saturated heterocycles. The summed E-state index contributed by atoms with van der Waals surface area (Å²) in [5.74, 6) is 0. The molecule has 0 aliphatic heterocycles. The molecule has 0 atom stereocenters. The normalized spacial score (nSPS) is 8.91. The molecule has 0 radical (unpaired) electrons. The van der Waals surface area contributed by atoms with Gasteiger partial charge in [-0.05, 0) is 18.1 Å². The van der Waals surface area contributed by atoms with Crippen molar-refractivity contribution in [1.82, 2.24) is 0 Å². The number of methoxy groups -OCH3 is 1. The maximum atomic E-state index is 5.01. The van der Waals surface area contributed by atoms with E-state index in [1.807, 2.05) is 12.1 Å². The van der Waals surface area contributed by atoms with Crippen LogP contribution in [0.5, 0.6) is 0 Å². The van der Waals surface area contributed by atoms with Gasteiger partial charge in [0.1, 0.15) is 0 Å². The molecule has 1 rings (SSSR count). The van der Waals surface area contributed by atoms with Crippen molar-refractivity contribution in [2.24, 2.45) is 0 Å². The van der Waals surface area contributed by atoms with Crippen LogP contribution in [0.2, 0.25) is 0 Å². The van der Waals surface area contributed by atoms with Gasteiger partial charge in [-0.2, -0.15) is 0 Å². The van der Waals surface area contributed by atoms with Gasteiger partial charge in [-0.3, -0.25) is 0 Å². The molecule has 0 aliphatic rings. The summed E-state index contributed by atoms with van der Waals surface area (Å²) in [4.78, 5) is 0. The maximum absolute atomic E-state index is 5.01. The Kier molecular flexibility index (Phi) is 5.32. The van der Waals surface area contributed by atoms with E-state index in [1.54, 1.807) is 7.11 Å². The second kappa shape index (κ2) is 5.43. The Morgan fingerprint density at radius 1 is 1.27 bits per heavy atom. The van der Waals surface area contributed by atoms with Crippen molar-refractivity contribution in [3.8, 4) is 0 Å². The van der Waals surface area contributed by atoms with E-state index in [1.165, 1.54) is 11.1 Å². The van der Waals surface area contributed by atoms with E-state index in [0.29, 0.717) is 6.61 Å². The fourth-order valence-electron chi connectivity index (χ4n) is 0.928. The van der Waals surface area contributed by atoms with Crippen LogP contribution in [0.25, 0.3) is 0 Å². The minimum atomic E-state index is 0. The first kappa shape index (κ1) is 10.8. The number of aryl methyl sites for hydroxylation is 1. The number of benzene rings is 1. The predicted octanol–water partition coefficient (Wildman–Crippen LogP) is 1.49. The first-order chi connectivity index (χ1) is 4.84. The molecule has 0 unspecified atom stereocenters. The Balaban J connectivity index is 0.000001000. The van der Waals surface area contributed by atoms with E-state index in [2.05, 4.69) is 19.1 Å². The predicted molar refractivity (Wildman–Crippen MR) is 49.0 cm³/mol. The van der Waals surface area contributed by atoms with Crippen LogP contribution >= 0.6 is 0 Å².